The number of benzene rings is 1. The number of hydrogen-bond acceptors (Lipinski definition) is 4. The molecule has 1 heterocycles. The maximum Gasteiger partial charge on any atom is 0.213 e. The molecule has 0 aliphatic rings. The van der Waals surface area contributed by atoms with Crippen LogP contribution in [0.5, 0.6) is 5.88 Å². The van der Waals surface area contributed by atoms with Gasteiger partial charge in [0.15, 0.2) is 0 Å². The van der Waals surface area contributed by atoms with Crippen molar-refractivity contribution in [3.63, 3.8) is 0 Å². The smallest absolute Gasteiger partial charge is 0.213 e. The molecule has 0 aliphatic heterocycles. The number of pyridine rings is 1. The molecule has 0 unspecified atom stereocenters. The van der Waals surface area contributed by atoms with Gasteiger partial charge in [0.25, 0.3) is 0 Å². The van der Waals surface area contributed by atoms with E-state index in [0.29, 0.717) is 19.1 Å². The summed E-state index contributed by atoms with van der Waals surface area (Å²) < 4.78 is 10.3. The van der Waals surface area contributed by atoms with Crippen molar-refractivity contribution in [1.29, 1.82) is 0 Å². The van der Waals surface area contributed by atoms with Crippen molar-refractivity contribution in [1.82, 2.24) is 4.98 Å². The van der Waals surface area contributed by atoms with Gasteiger partial charge in [-0.2, -0.15) is 0 Å². The lowest BCUT2D eigenvalue weighted by Crippen LogP contribution is -2.06. The lowest BCUT2D eigenvalue weighted by Gasteiger charge is -2.10. The summed E-state index contributed by atoms with van der Waals surface area (Å²) in [5.41, 5.74) is 3.32. The molecule has 0 amide bonds. The first kappa shape index (κ1) is 15.6. The SMILES string of the molecule is COCCOc1ccc(NCc2ccc(Cl)cc2C)cn1. The first-order valence-electron chi connectivity index (χ1n) is 6.76. The highest BCUT2D eigenvalue weighted by Gasteiger charge is 2.01. The molecular weight excluding hydrogens is 288 g/mol. The fraction of sp³-hybridized carbons (Fsp3) is 0.312. The van der Waals surface area contributed by atoms with Gasteiger partial charge in [-0.1, -0.05) is 17.7 Å². The highest BCUT2D eigenvalue weighted by molar-refractivity contribution is 6.30. The standard InChI is InChI=1S/C16H19ClN2O2/c1-12-9-14(17)4-3-13(12)10-18-15-5-6-16(19-11-15)21-8-7-20-2/h3-6,9,11,18H,7-8,10H2,1-2H3. The second-order valence-electron chi connectivity index (χ2n) is 4.65. The number of aromatic nitrogens is 1. The van der Waals surface area contributed by atoms with Crippen molar-refractivity contribution < 1.29 is 9.47 Å². The van der Waals surface area contributed by atoms with Gasteiger partial charge in [0.2, 0.25) is 5.88 Å². The molecule has 2 rings (SSSR count). The minimum atomic E-state index is 0.500. The van der Waals surface area contributed by atoms with E-state index in [9.17, 15) is 0 Å². The summed E-state index contributed by atoms with van der Waals surface area (Å²) in [7, 11) is 1.64. The average molecular weight is 307 g/mol. The highest BCUT2D eigenvalue weighted by atomic mass is 35.5. The van der Waals surface area contributed by atoms with Crippen LogP contribution in [-0.4, -0.2) is 25.3 Å². The van der Waals surface area contributed by atoms with Gasteiger partial charge >= 0.3 is 0 Å². The predicted molar refractivity (Wildman–Crippen MR) is 85.1 cm³/mol. The first-order valence-corrected chi connectivity index (χ1v) is 7.13. The van der Waals surface area contributed by atoms with Crippen LogP contribution < -0.4 is 10.1 Å². The zero-order valence-electron chi connectivity index (χ0n) is 12.2. The summed E-state index contributed by atoms with van der Waals surface area (Å²) in [5.74, 6) is 0.597. The molecule has 5 heteroatoms. The van der Waals surface area contributed by atoms with Gasteiger partial charge in [-0.05, 0) is 36.2 Å². The number of halogens is 1. The molecule has 2 aromatic rings. The fourth-order valence-corrected chi connectivity index (χ4v) is 2.08. The zero-order valence-corrected chi connectivity index (χ0v) is 13.0. The van der Waals surface area contributed by atoms with E-state index in [4.69, 9.17) is 21.1 Å². The van der Waals surface area contributed by atoms with Crippen molar-refractivity contribution in [2.45, 2.75) is 13.5 Å². The molecule has 0 fully saturated rings. The van der Waals surface area contributed by atoms with Gasteiger partial charge in [-0.15, -0.1) is 0 Å². The van der Waals surface area contributed by atoms with Crippen LogP contribution in [0.1, 0.15) is 11.1 Å². The second-order valence-corrected chi connectivity index (χ2v) is 5.09. The van der Waals surface area contributed by atoms with E-state index in [0.717, 1.165) is 17.3 Å². The number of anilines is 1. The Balaban J connectivity index is 1.88. The maximum absolute atomic E-state index is 5.95. The fourth-order valence-electron chi connectivity index (χ4n) is 1.85. The summed E-state index contributed by atoms with van der Waals surface area (Å²) in [6, 6.07) is 9.67. The first-order chi connectivity index (χ1) is 10.2. The number of rotatable bonds is 7. The van der Waals surface area contributed by atoms with E-state index >= 15 is 0 Å². The number of methoxy groups -OCH3 is 1. The Morgan fingerprint density at radius 2 is 2.05 bits per heavy atom. The van der Waals surface area contributed by atoms with Crippen LogP contribution in [0, 0.1) is 6.92 Å². The van der Waals surface area contributed by atoms with Crippen molar-refractivity contribution in [3.05, 3.63) is 52.7 Å². The molecule has 0 saturated carbocycles. The molecule has 0 aliphatic carbocycles. The van der Waals surface area contributed by atoms with Crippen LogP contribution in [0.3, 0.4) is 0 Å². The molecule has 4 nitrogen and oxygen atoms in total. The summed E-state index contributed by atoms with van der Waals surface area (Å²) in [5, 5.41) is 4.09. The van der Waals surface area contributed by atoms with E-state index in [2.05, 4.69) is 10.3 Å². The van der Waals surface area contributed by atoms with Crippen molar-refractivity contribution in [3.8, 4) is 5.88 Å². The molecule has 1 N–H and O–H groups in total. The minimum Gasteiger partial charge on any atom is -0.475 e. The Morgan fingerprint density at radius 3 is 2.71 bits per heavy atom. The average Bonchev–Trinajstić information content (AvgIpc) is 2.48. The number of nitrogens with one attached hydrogen (secondary N) is 1. The van der Waals surface area contributed by atoms with Gasteiger partial charge in [0.1, 0.15) is 6.61 Å². The molecule has 1 aromatic carbocycles. The zero-order chi connectivity index (χ0) is 15.1. The highest BCUT2D eigenvalue weighted by Crippen LogP contribution is 2.17. The normalized spacial score (nSPS) is 10.4. The Bertz CT molecular complexity index is 573. The van der Waals surface area contributed by atoms with Crippen LogP contribution in [0.15, 0.2) is 36.5 Å². The van der Waals surface area contributed by atoms with E-state index in [1.165, 1.54) is 11.1 Å². The second kappa shape index (κ2) is 7.86. The van der Waals surface area contributed by atoms with E-state index in [-0.39, 0.29) is 0 Å². The predicted octanol–water partition coefficient (Wildman–Crippen LogP) is 3.68. The monoisotopic (exact) mass is 306 g/mol. The summed E-state index contributed by atoms with van der Waals surface area (Å²) in [6.07, 6.45) is 1.76. The summed E-state index contributed by atoms with van der Waals surface area (Å²) in [4.78, 5) is 4.24. The third-order valence-corrected chi connectivity index (χ3v) is 3.30. The third kappa shape index (κ3) is 4.92. The van der Waals surface area contributed by atoms with E-state index in [1.54, 1.807) is 13.3 Å². The Labute approximate surface area is 130 Å². The van der Waals surface area contributed by atoms with Crippen LogP contribution in [0.4, 0.5) is 5.69 Å². The number of ether oxygens (including phenoxy) is 2. The van der Waals surface area contributed by atoms with Crippen molar-refractivity contribution in [2.75, 3.05) is 25.6 Å². The molecule has 1 aromatic heterocycles. The number of nitrogens with zero attached hydrogens (tertiary/aromatic N) is 1. The van der Waals surface area contributed by atoms with Crippen molar-refractivity contribution >= 4 is 17.3 Å². The number of aryl methyl sites for hydroxylation is 1. The minimum absolute atomic E-state index is 0.500. The molecule has 0 spiro atoms. The van der Waals surface area contributed by atoms with Crippen molar-refractivity contribution in [2.24, 2.45) is 0 Å². The van der Waals surface area contributed by atoms with Crippen LogP contribution in [0.25, 0.3) is 0 Å². The molecule has 0 atom stereocenters. The van der Waals surface area contributed by atoms with Gasteiger partial charge in [0, 0.05) is 24.7 Å². The molecule has 0 saturated heterocycles. The number of hydrogen-bond donors (Lipinski definition) is 1. The molecule has 0 bridgehead atoms. The summed E-state index contributed by atoms with van der Waals surface area (Å²) in [6.45, 7) is 3.83. The molecule has 0 radical (unpaired) electrons. The van der Waals surface area contributed by atoms with Gasteiger partial charge in [-0.25, -0.2) is 4.98 Å². The molecular formula is C16H19ClN2O2. The topological polar surface area (TPSA) is 43.4 Å². The molecule has 112 valence electrons. The van der Waals surface area contributed by atoms with Crippen LogP contribution >= 0.6 is 11.6 Å². The van der Waals surface area contributed by atoms with Crippen LogP contribution in [-0.2, 0) is 11.3 Å². The van der Waals surface area contributed by atoms with Crippen LogP contribution in [0.2, 0.25) is 5.02 Å². The summed E-state index contributed by atoms with van der Waals surface area (Å²) >= 11 is 5.95. The lowest BCUT2D eigenvalue weighted by atomic mass is 10.1. The largest absolute Gasteiger partial charge is 0.475 e. The van der Waals surface area contributed by atoms with E-state index in [1.807, 2.05) is 37.3 Å². The quantitative estimate of drug-likeness (QED) is 0.792. The van der Waals surface area contributed by atoms with Gasteiger partial charge in [0.05, 0.1) is 18.5 Å². The lowest BCUT2D eigenvalue weighted by molar-refractivity contribution is 0.144. The molecule has 21 heavy (non-hydrogen) atoms. The Morgan fingerprint density at radius 1 is 1.19 bits per heavy atom. The Hall–Kier alpha value is -1.78. The third-order valence-electron chi connectivity index (χ3n) is 3.06. The van der Waals surface area contributed by atoms with E-state index < -0.39 is 0 Å². The maximum atomic E-state index is 5.95. The van der Waals surface area contributed by atoms with Gasteiger partial charge in [-0.3, -0.25) is 0 Å². The van der Waals surface area contributed by atoms with Gasteiger partial charge < -0.3 is 14.8 Å². The Kier molecular flexibility index (Phi) is 5.84.